The maximum Gasteiger partial charge on any atom is 0.112 e. The molecular weight excluding hydrogens is 95.5 g/mol. The number of halogens is 1. The second kappa shape index (κ2) is 2.81. The lowest BCUT2D eigenvalue weighted by atomic mass is 10.4. The van der Waals surface area contributed by atoms with Crippen LogP contribution < -0.4 is 0 Å². The molecule has 0 aliphatic carbocycles. The highest BCUT2D eigenvalue weighted by molar-refractivity contribution is 6.23. The van der Waals surface area contributed by atoms with E-state index in [9.17, 15) is 0 Å². The molecule has 1 heteroatoms. The van der Waals surface area contributed by atoms with Gasteiger partial charge in [0.1, 0.15) is 5.38 Å². The van der Waals surface area contributed by atoms with Gasteiger partial charge in [0.05, 0.1) is 0 Å². The van der Waals surface area contributed by atoms with Crippen molar-refractivity contribution < 1.29 is 0 Å². The highest BCUT2D eigenvalue weighted by Gasteiger charge is 1.82. The minimum atomic E-state index is -0.301. The molecule has 0 aromatic carbocycles. The Morgan fingerprint density at radius 1 is 2.00 bits per heavy atom. The van der Waals surface area contributed by atoms with Crippen molar-refractivity contribution in [2.24, 2.45) is 0 Å². The Kier molecular flexibility index (Phi) is 2.62. The number of terminal acetylenes is 1. The number of hydrogen-bond acceptors (Lipinski definition) is 0. The van der Waals surface area contributed by atoms with Gasteiger partial charge in [-0.25, -0.2) is 0 Å². The van der Waals surface area contributed by atoms with Crippen molar-refractivity contribution >= 4 is 11.6 Å². The second-order valence-electron chi connectivity index (χ2n) is 0.804. The number of rotatable bonds is 1. The summed E-state index contributed by atoms with van der Waals surface area (Å²) in [5.74, 6) is 2.26. The average molecular weight is 101 g/mol. The highest BCUT2D eigenvalue weighted by atomic mass is 35.5. The third kappa shape index (κ3) is 1.87. The van der Waals surface area contributed by atoms with E-state index >= 15 is 0 Å². The van der Waals surface area contributed by atoms with Gasteiger partial charge in [-0.05, 0) is 0 Å². The molecule has 6 heavy (non-hydrogen) atoms. The minimum Gasteiger partial charge on any atom is -0.118 e. The van der Waals surface area contributed by atoms with Gasteiger partial charge in [0, 0.05) is 0 Å². The van der Waals surface area contributed by atoms with Crippen molar-refractivity contribution in [2.45, 2.75) is 5.38 Å². The SMILES string of the molecule is C#CC(Cl)C=C. The monoisotopic (exact) mass is 100 g/mol. The molecule has 0 radical (unpaired) electrons. The van der Waals surface area contributed by atoms with Gasteiger partial charge in [0.15, 0.2) is 0 Å². The summed E-state index contributed by atoms with van der Waals surface area (Å²) in [4.78, 5) is 0. The van der Waals surface area contributed by atoms with E-state index in [1.165, 1.54) is 6.08 Å². The van der Waals surface area contributed by atoms with Crippen molar-refractivity contribution in [3.05, 3.63) is 12.7 Å². The topological polar surface area (TPSA) is 0 Å². The summed E-state index contributed by atoms with van der Waals surface area (Å²) in [6, 6.07) is 0. The normalized spacial score (nSPS) is 12.0. The van der Waals surface area contributed by atoms with E-state index in [-0.39, 0.29) is 5.38 Å². The molecule has 0 aromatic rings. The number of hydrogen-bond donors (Lipinski definition) is 0. The molecule has 0 nitrogen and oxygen atoms in total. The molecule has 0 fully saturated rings. The van der Waals surface area contributed by atoms with Gasteiger partial charge in [0.25, 0.3) is 0 Å². The largest absolute Gasteiger partial charge is 0.118 e. The van der Waals surface area contributed by atoms with Crippen LogP contribution in [0.2, 0.25) is 0 Å². The Bertz CT molecular complexity index is 78.4. The second-order valence-corrected chi connectivity index (χ2v) is 1.27. The van der Waals surface area contributed by atoms with Crippen LogP contribution in [0.15, 0.2) is 12.7 Å². The Hall–Kier alpha value is -0.410. The zero-order chi connectivity index (χ0) is 4.99. The molecule has 0 rings (SSSR count). The Balaban J connectivity index is 3.30. The molecule has 0 spiro atoms. The summed E-state index contributed by atoms with van der Waals surface area (Å²) in [5.41, 5.74) is 0. The van der Waals surface area contributed by atoms with E-state index in [2.05, 4.69) is 12.5 Å². The van der Waals surface area contributed by atoms with Crippen molar-refractivity contribution in [3.63, 3.8) is 0 Å². The van der Waals surface area contributed by atoms with E-state index in [1.54, 1.807) is 0 Å². The lowest BCUT2D eigenvalue weighted by Crippen LogP contribution is -1.81. The predicted molar refractivity (Wildman–Crippen MR) is 28.7 cm³/mol. The molecule has 0 amide bonds. The van der Waals surface area contributed by atoms with Crippen molar-refractivity contribution in [2.75, 3.05) is 0 Å². The third-order valence-corrected chi connectivity index (χ3v) is 0.670. The molecule has 1 atom stereocenters. The van der Waals surface area contributed by atoms with E-state index in [0.717, 1.165) is 0 Å². The first kappa shape index (κ1) is 5.59. The van der Waals surface area contributed by atoms with Crippen molar-refractivity contribution in [3.8, 4) is 12.3 Å². The van der Waals surface area contributed by atoms with Crippen LogP contribution in [0.3, 0.4) is 0 Å². The van der Waals surface area contributed by atoms with Crippen LogP contribution in [-0.4, -0.2) is 5.38 Å². The standard InChI is InChI=1S/C5H5Cl/c1-3-5(6)4-2/h1,4-5H,2H2. The highest BCUT2D eigenvalue weighted by Crippen LogP contribution is 1.90. The summed E-state index contributed by atoms with van der Waals surface area (Å²) in [6.45, 7) is 3.36. The molecule has 0 aromatic heterocycles. The first-order chi connectivity index (χ1) is 2.81. The molecule has 0 aliphatic heterocycles. The van der Waals surface area contributed by atoms with Crippen LogP contribution in [0.4, 0.5) is 0 Å². The number of allylic oxidation sites excluding steroid dienone is 1. The van der Waals surface area contributed by atoms with E-state index < -0.39 is 0 Å². The first-order valence-electron chi connectivity index (χ1n) is 1.54. The summed E-state index contributed by atoms with van der Waals surface area (Å²) < 4.78 is 0. The fourth-order valence-corrected chi connectivity index (χ4v) is 0.0680. The van der Waals surface area contributed by atoms with Crippen LogP contribution >= 0.6 is 11.6 Å². The van der Waals surface area contributed by atoms with E-state index in [4.69, 9.17) is 18.0 Å². The Morgan fingerprint density at radius 3 is 2.50 bits per heavy atom. The van der Waals surface area contributed by atoms with Crippen LogP contribution in [0.5, 0.6) is 0 Å². The molecular formula is C5H5Cl. The van der Waals surface area contributed by atoms with Gasteiger partial charge in [-0.15, -0.1) is 24.6 Å². The van der Waals surface area contributed by atoms with Crippen molar-refractivity contribution in [1.82, 2.24) is 0 Å². The van der Waals surface area contributed by atoms with Gasteiger partial charge >= 0.3 is 0 Å². The van der Waals surface area contributed by atoms with Crippen molar-refractivity contribution in [1.29, 1.82) is 0 Å². The van der Waals surface area contributed by atoms with Crippen LogP contribution in [-0.2, 0) is 0 Å². The lowest BCUT2D eigenvalue weighted by Gasteiger charge is -1.81. The summed E-state index contributed by atoms with van der Waals surface area (Å²) in [5, 5.41) is -0.301. The zero-order valence-corrected chi connectivity index (χ0v) is 4.07. The Morgan fingerprint density at radius 2 is 2.50 bits per heavy atom. The smallest absolute Gasteiger partial charge is 0.112 e. The lowest BCUT2D eigenvalue weighted by molar-refractivity contribution is 1.49. The quantitative estimate of drug-likeness (QED) is 0.266. The minimum absolute atomic E-state index is 0.301. The van der Waals surface area contributed by atoms with Crippen LogP contribution in [0, 0.1) is 12.3 Å². The fraction of sp³-hybridized carbons (Fsp3) is 0.200. The van der Waals surface area contributed by atoms with E-state index in [0.29, 0.717) is 0 Å². The van der Waals surface area contributed by atoms with Crippen LogP contribution in [0.25, 0.3) is 0 Å². The van der Waals surface area contributed by atoms with Gasteiger partial charge in [-0.1, -0.05) is 12.0 Å². The van der Waals surface area contributed by atoms with Gasteiger partial charge in [-0.2, -0.15) is 0 Å². The molecule has 0 heterocycles. The predicted octanol–water partition coefficient (Wildman–Crippen LogP) is 1.41. The molecule has 0 saturated heterocycles. The first-order valence-corrected chi connectivity index (χ1v) is 1.97. The van der Waals surface area contributed by atoms with Gasteiger partial charge in [-0.3, -0.25) is 0 Å². The zero-order valence-electron chi connectivity index (χ0n) is 3.32. The molecule has 0 saturated carbocycles. The van der Waals surface area contributed by atoms with Gasteiger partial charge < -0.3 is 0 Å². The maximum absolute atomic E-state index is 5.30. The maximum atomic E-state index is 5.30. The average Bonchev–Trinajstić information content (AvgIpc) is 1.65. The molecule has 1 unspecified atom stereocenters. The van der Waals surface area contributed by atoms with Gasteiger partial charge in [0.2, 0.25) is 0 Å². The molecule has 0 bridgehead atoms. The third-order valence-electron chi connectivity index (χ3n) is 0.366. The fourth-order valence-electron chi connectivity index (χ4n) is 0.0680. The number of alkyl halides is 1. The summed E-state index contributed by atoms with van der Waals surface area (Å²) >= 11 is 5.30. The molecule has 0 N–H and O–H groups in total. The molecule has 0 aliphatic rings. The summed E-state index contributed by atoms with van der Waals surface area (Å²) in [7, 11) is 0. The summed E-state index contributed by atoms with van der Waals surface area (Å²) in [6.07, 6.45) is 6.33. The molecule has 32 valence electrons. The van der Waals surface area contributed by atoms with Crippen LogP contribution in [0.1, 0.15) is 0 Å². The van der Waals surface area contributed by atoms with E-state index in [1.807, 2.05) is 0 Å². The Labute approximate surface area is 42.8 Å².